The van der Waals surface area contributed by atoms with Crippen molar-refractivity contribution < 1.29 is 13.7 Å². The van der Waals surface area contributed by atoms with E-state index in [1.54, 1.807) is 23.9 Å². The summed E-state index contributed by atoms with van der Waals surface area (Å²) in [4.78, 5) is 22.4. The van der Waals surface area contributed by atoms with E-state index in [0.29, 0.717) is 29.8 Å². The number of aryl methyl sites for hydroxylation is 1. The molecule has 2 aliphatic rings. The second-order valence-corrected chi connectivity index (χ2v) is 12.7. The Morgan fingerprint density at radius 1 is 1.11 bits per heavy atom. The normalized spacial score (nSPS) is 21.3. The second kappa shape index (κ2) is 13.9. The number of rotatable bonds is 9. The number of hydrogen-bond acceptors (Lipinski definition) is 9. The van der Waals surface area contributed by atoms with Gasteiger partial charge in [0.2, 0.25) is 6.39 Å². The number of carbonyl (C=O) groups is 1. The highest BCUT2D eigenvalue weighted by molar-refractivity contribution is 9.10. The number of nitrogens with zero attached hydrogens (tertiary/aromatic N) is 8. The van der Waals surface area contributed by atoms with Crippen molar-refractivity contribution in [3.05, 3.63) is 70.5 Å². The molecule has 0 saturated carbocycles. The summed E-state index contributed by atoms with van der Waals surface area (Å²) in [7, 11) is 1.77. The van der Waals surface area contributed by atoms with Gasteiger partial charge in [0.15, 0.2) is 11.6 Å². The van der Waals surface area contributed by atoms with Gasteiger partial charge in [-0.1, -0.05) is 33.2 Å². The third-order valence-electron chi connectivity index (χ3n) is 8.47. The number of amides is 2. The first-order valence-corrected chi connectivity index (χ1v) is 15.7. The Morgan fingerprint density at radius 3 is 2.75 bits per heavy atom. The molecule has 0 radical (unpaired) electrons. The van der Waals surface area contributed by atoms with Crippen LogP contribution in [0.15, 0.2) is 57.9 Å². The van der Waals surface area contributed by atoms with Crippen molar-refractivity contribution in [1.29, 1.82) is 0 Å². The minimum Gasteiger partial charge on any atom is -0.343 e. The number of aromatic nitrogens is 6. The molecule has 2 fully saturated rings. The van der Waals surface area contributed by atoms with Gasteiger partial charge in [0, 0.05) is 60.9 Å². The molecule has 3 atom stereocenters. The molecule has 0 spiro atoms. The number of likely N-dealkylation sites (tertiary alicyclic amines) is 2. The van der Waals surface area contributed by atoms with Crippen molar-refractivity contribution in [3.63, 3.8) is 0 Å². The third kappa shape index (κ3) is 7.85. The Morgan fingerprint density at radius 2 is 1.98 bits per heavy atom. The van der Waals surface area contributed by atoms with Gasteiger partial charge < -0.3 is 20.1 Å². The molecule has 2 aromatic carbocycles. The zero-order valence-corrected chi connectivity index (χ0v) is 26.2. The van der Waals surface area contributed by atoms with Crippen molar-refractivity contribution in [2.45, 2.75) is 38.3 Å². The maximum Gasteiger partial charge on any atom is 0.319 e. The van der Waals surface area contributed by atoms with Crippen molar-refractivity contribution >= 4 is 27.6 Å². The molecule has 232 valence electrons. The van der Waals surface area contributed by atoms with Gasteiger partial charge in [-0.2, -0.15) is 4.98 Å². The highest BCUT2D eigenvalue weighted by Gasteiger charge is 2.33. The summed E-state index contributed by atoms with van der Waals surface area (Å²) in [5.41, 5.74) is 2.60. The Bertz CT molecular complexity index is 1530. The van der Waals surface area contributed by atoms with Crippen LogP contribution in [0.4, 0.5) is 14.9 Å². The summed E-state index contributed by atoms with van der Waals surface area (Å²) >= 11 is 3.54. The number of nitrogens with one attached hydrogen (secondary N) is 2. The molecule has 0 bridgehead atoms. The molecular weight excluding hydrogens is 631 g/mol. The lowest BCUT2D eigenvalue weighted by Gasteiger charge is -2.42. The standard InChI is InChI=1S/C30H36BrFN10O2/c1-40-29(36-38-39-40)22-12-24(31)14-26(13-22)34-30(43)35-27-8-10-42(18-28-33-19-44-37-28)17-23(27)16-41-9-2-3-21(15-41)11-20-4-6-25(32)7-5-20/h4-7,12-14,19,21,23,27H,2-3,8-11,15-18H2,1H3,(H2,34,35,43)/t21-,23+,27+/m0/s1. The Kier molecular flexibility index (Phi) is 9.57. The van der Waals surface area contributed by atoms with Crippen molar-refractivity contribution in [2.24, 2.45) is 18.9 Å². The van der Waals surface area contributed by atoms with Crippen molar-refractivity contribution in [1.82, 2.24) is 45.5 Å². The number of halogens is 2. The van der Waals surface area contributed by atoms with Crippen molar-refractivity contribution in [3.8, 4) is 11.4 Å². The lowest BCUT2D eigenvalue weighted by Crippen LogP contribution is -2.55. The number of piperidine rings is 2. The average Bonchev–Trinajstić information content (AvgIpc) is 3.67. The molecule has 2 aromatic heterocycles. The molecule has 2 saturated heterocycles. The van der Waals surface area contributed by atoms with Crippen LogP contribution in [0.25, 0.3) is 11.4 Å². The number of anilines is 1. The van der Waals surface area contributed by atoms with Crippen LogP contribution in [0.3, 0.4) is 0 Å². The molecule has 4 heterocycles. The molecule has 2 aliphatic heterocycles. The van der Waals surface area contributed by atoms with Crippen LogP contribution in [0.5, 0.6) is 0 Å². The van der Waals surface area contributed by atoms with Gasteiger partial charge in [0.25, 0.3) is 0 Å². The topological polar surface area (TPSA) is 130 Å². The fraction of sp³-hybridized carbons (Fsp3) is 0.467. The van der Waals surface area contributed by atoms with Crippen LogP contribution in [0.2, 0.25) is 0 Å². The smallest absolute Gasteiger partial charge is 0.319 e. The molecule has 4 aromatic rings. The summed E-state index contributed by atoms with van der Waals surface area (Å²) in [6, 6.07) is 12.2. The van der Waals surface area contributed by atoms with E-state index in [0.717, 1.165) is 68.4 Å². The number of hydrogen-bond donors (Lipinski definition) is 2. The lowest BCUT2D eigenvalue weighted by atomic mass is 9.88. The van der Waals surface area contributed by atoms with Gasteiger partial charge >= 0.3 is 6.03 Å². The summed E-state index contributed by atoms with van der Waals surface area (Å²) < 4.78 is 20.8. The van der Waals surface area contributed by atoms with E-state index in [1.807, 2.05) is 30.3 Å². The van der Waals surface area contributed by atoms with Crippen LogP contribution in [-0.4, -0.2) is 84.9 Å². The first-order chi connectivity index (χ1) is 21.4. The van der Waals surface area contributed by atoms with Gasteiger partial charge in [0.05, 0.1) is 6.54 Å². The quantitative estimate of drug-likeness (QED) is 0.271. The average molecular weight is 668 g/mol. The molecule has 44 heavy (non-hydrogen) atoms. The second-order valence-electron chi connectivity index (χ2n) is 11.8. The monoisotopic (exact) mass is 666 g/mol. The lowest BCUT2D eigenvalue weighted by molar-refractivity contribution is 0.0803. The van der Waals surface area contributed by atoms with E-state index >= 15 is 0 Å². The van der Waals surface area contributed by atoms with Crippen LogP contribution in [0, 0.1) is 17.7 Å². The SMILES string of the molecule is Cn1nnnc1-c1cc(Br)cc(NC(=O)N[C@@H]2CCN(Cc3ncon3)C[C@H]2CN2CCC[C@@H](Cc3ccc(F)cc3)C2)c1. The molecule has 2 N–H and O–H groups in total. The summed E-state index contributed by atoms with van der Waals surface area (Å²) in [6.07, 6.45) is 5.38. The van der Waals surface area contributed by atoms with Crippen LogP contribution in [0.1, 0.15) is 30.7 Å². The van der Waals surface area contributed by atoms with E-state index in [4.69, 9.17) is 4.52 Å². The zero-order valence-electron chi connectivity index (χ0n) is 24.6. The highest BCUT2D eigenvalue weighted by Crippen LogP contribution is 2.27. The van der Waals surface area contributed by atoms with Gasteiger partial charge in [-0.15, -0.1) is 5.10 Å². The Labute approximate surface area is 263 Å². The summed E-state index contributed by atoms with van der Waals surface area (Å²) in [6.45, 7) is 5.10. The Balaban J connectivity index is 1.12. The molecular formula is C30H36BrFN10O2. The minimum absolute atomic E-state index is 0.0106. The summed E-state index contributed by atoms with van der Waals surface area (Å²) in [5.74, 6) is 1.77. The van der Waals surface area contributed by atoms with E-state index < -0.39 is 0 Å². The molecule has 0 aliphatic carbocycles. The van der Waals surface area contributed by atoms with E-state index in [-0.39, 0.29) is 23.8 Å². The molecule has 12 nitrogen and oxygen atoms in total. The summed E-state index contributed by atoms with van der Waals surface area (Å²) in [5, 5.41) is 22.0. The minimum atomic E-state index is -0.250. The maximum absolute atomic E-state index is 13.4. The molecule has 14 heteroatoms. The first-order valence-electron chi connectivity index (χ1n) is 14.9. The number of urea groups is 1. The Hall–Kier alpha value is -3.75. The van der Waals surface area contributed by atoms with Crippen molar-refractivity contribution in [2.75, 3.05) is 38.0 Å². The largest absolute Gasteiger partial charge is 0.343 e. The first kappa shape index (κ1) is 30.3. The van der Waals surface area contributed by atoms with E-state index in [9.17, 15) is 9.18 Å². The molecule has 6 rings (SSSR count). The van der Waals surface area contributed by atoms with Gasteiger partial charge in [-0.25, -0.2) is 13.9 Å². The predicted molar refractivity (Wildman–Crippen MR) is 165 cm³/mol. The number of benzene rings is 2. The van der Waals surface area contributed by atoms with Crippen LogP contribution in [-0.2, 0) is 20.0 Å². The maximum atomic E-state index is 13.4. The van der Waals surface area contributed by atoms with Gasteiger partial charge in [0.1, 0.15) is 5.82 Å². The molecule has 2 amide bonds. The fourth-order valence-electron chi connectivity index (χ4n) is 6.46. The van der Waals surface area contributed by atoms with Crippen LogP contribution < -0.4 is 10.6 Å². The zero-order chi connectivity index (χ0) is 30.5. The number of carbonyl (C=O) groups excluding carboxylic acids is 1. The van der Waals surface area contributed by atoms with Gasteiger partial charge in [-0.05, 0) is 84.5 Å². The van der Waals surface area contributed by atoms with Crippen LogP contribution >= 0.6 is 15.9 Å². The van der Waals surface area contributed by atoms with E-state index in [1.165, 1.54) is 12.0 Å². The van der Waals surface area contributed by atoms with E-state index in [2.05, 4.69) is 62.0 Å². The third-order valence-corrected chi connectivity index (χ3v) is 8.93. The molecule has 0 unspecified atom stereocenters. The van der Waals surface area contributed by atoms with Gasteiger partial charge in [-0.3, -0.25) is 4.90 Å². The predicted octanol–water partition coefficient (Wildman–Crippen LogP) is 4.13. The fourth-order valence-corrected chi connectivity index (χ4v) is 6.95. The highest BCUT2D eigenvalue weighted by atomic mass is 79.9. The number of tetrazole rings is 1.